The predicted octanol–water partition coefficient (Wildman–Crippen LogP) is 2.50. The van der Waals surface area contributed by atoms with Crippen LogP contribution in [0.3, 0.4) is 0 Å². The van der Waals surface area contributed by atoms with Gasteiger partial charge in [0.2, 0.25) is 0 Å². The molecular formula is C6H11B3F12KO-3. The Labute approximate surface area is 167 Å². The third-order valence-electron chi connectivity index (χ3n) is 1.58. The van der Waals surface area contributed by atoms with Crippen LogP contribution < -0.4 is 51.4 Å². The summed E-state index contributed by atoms with van der Waals surface area (Å²) in [5, 5.41) is 0. The van der Waals surface area contributed by atoms with E-state index in [1.165, 1.54) is 19.3 Å². The summed E-state index contributed by atoms with van der Waals surface area (Å²) >= 11 is 0. The van der Waals surface area contributed by atoms with Crippen LogP contribution in [0.2, 0.25) is 0 Å². The van der Waals surface area contributed by atoms with E-state index in [-0.39, 0.29) is 51.4 Å². The normalized spacial score (nSPS) is 14.5. The molecule has 0 bridgehead atoms. The number of hydrogen-bond acceptors (Lipinski definition) is 1. The fraction of sp³-hybridized carbons (Fsp3) is 0.833. The fourth-order valence-electron chi connectivity index (χ4n) is 0.826. The van der Waals surface area contributed by atoms with Crippen molar-refractivity contribution in [2.45, 2.75) is 19.3 Å². The summed E-state index contributed by atoms with van der Waals surface area (Å²) in [4.78, 5) is 0. The zero-order chi connectivity index (χ0) is 18.6. The standard InChI is InChI=1S/C6H11O.3BF4.K/c1-7-5-6-3-2-4-6;3*2-1(3,4)5;/h6H,1-5H2;;;;/q4*-1;+1. The van der Waals surface area contributed by atoms with Gasteiger partial charge in [-0.2, -0.15) is 0 Å². The van der Waals surface area contributed by atoms with Crippen LogP contribution in [-0.4, -0.2) is 28.4 Å². The molecule has 1 aliphatic carbocycles. The van der Waals surface area contributed by atoms with Crippen molar-refractivity contribution in [2.24, 2.45) is 5.92 Å². The molecule has 0 aromatic carbocycles. The van der Waals surface area contributed by atoms with Crippen LogP contribution in [0.1, 0.15) is 19.3 Å². The van der Waals surface area contributed by atoms with E-state index in [1.54, 1.807) is 0 Å². The Morgan fingerprint density at radius 3 is 0.957 bits per heavy atom. The summed E-state index contributed by atoms with van der Waals surface area (Å²) in [7, 11) is -14.7. The van der Waals surface area contributed by atoms with E-state index in [1.807, 2.05) is 0 Å². The first-order valence-corrected chi connectivity index (χ1v) is 5.42. The first-order chi connectivity index (χ1) is 9.43. The van der Waals surface area contributed by atoms with Crippen molar-refractivity contribution in [1.82, 2.24) is 0 Å². The number of rotatable bonds is 2. The van der Waals surface area contributed by atoms with Crippen molar-refractivity contribution >= 4 is 21.8 Å². The zero-order valence-electron chi connectivity index (χ0n) is 11.8. The molecule has 0 spiro atoms. The molecule has 23 heavy (non-hydrogen) atoms. The maximum atomic E-state index is 9.75. The SMILES string of the molecule is F[B-](F)(F)F.F[B-](F)(F)F.F[B-](F)(F)F.[CH2-]OCC1CCC1.[K+]. The van der Waals surface area contributed by atoms with Crippen molar-refractivity contribution in [3.63, 3.8) is 0 Å². The molecule has 1 nitrogen and oxygen atoms in total. The molecule has 0 aromatic heterocycles. The molecule has 0 aromatic rings. The molecule has 0 amide bonds. The minimum Gasteiger partial charge on any atom is -0.555 e. The van der Waals surface area contributed by atoms with E-state index in [0.717, 1.165) is 12.5 Å². The van der Waals surface area contributed by atoms with Gasteiger partial charge in [0.05, 0.1) is 0 Å². The third kappa shape index (κ3) is 102. The van der Waals surface area contributed by atoms with Gasteiger partial charge in [-0.1, -0.05) is 6.42 Å². The molecule has 0 saturated heterocycles. The summed E-state index contributed by atoms with van der Waals surface area (Å²) < 4.78 is 122. The molecule has 138 valence electrons. The average Bonchev–Trinajstić information content (AvgIpc) is 2.02. The molecular weight excluding hydrogens is 388 g/mol. The molecule has 1 fully saturated rings. The first-order valence-electron chi connectivity index (χ1n) is 5.42. The van der Waals surface area contributed by atoms with Crippen LogP contribution in [-0.2, 0) is 4.74 Å². The molecule has 1 rings (SSSR count). The molecule has 0 N–H and O–H groups in total. The van der Waals surface area contributed by atoms with Crippen molar-refractivity contribution in [3.05, 3.63) is 7.11 Å². The van der Waals surface area contributed by atoms with Crippen LogP contribution in [0.4, 0.5) is 51.8 Å². The third-order valence-corrected chi connectivity index (χ3v) is 1.58. The minimum absolute atomic E-state index is 0. The van der Waals surface area contributed by atoms with E-state index in [0.29, 0.717) is 0 Å². The van der Waals surface area contributed by atoms with Gasteiger partial charge in [-0.15, -0.1) is 0 Å². The quantitative estimate of drug-likeness (QED) is 0.395. The molecule has 1 aliphatic rings. The Balaban J connectivity index is -0.000000105. The molecule has 0 unspecified atom stereocenters. The van der Waals surface area contributed by atoms with E-state index in [4.69, 9.17) is 4.74 Å². The molecule has 1 saturated carbocycles. The van der Waals surface area contributed by atoms with Crippen LogP contribution in [0.25, 0.3) is 0 Å². The summed E-state index contributed by atoms with van der Waals surface area (Å²) in [5.41, 5.74) is 0. The summed E-state index contributed by atoms with van der Waals surface area (Å²) in [6.07, 6.45) is 4.11. The second-order valence-electron chi connectivity index (χ2n) is 3.65. The molecule has 0 atom stereocenters. The maximum absolute atomic E-state index is 9.75. The van der Waals surface area contributed by atoms with Gasteiger partial charge in [-0.25, -0.2) is 7.11 Å². The Morgan fingerprint density at radius 1 is 0.696 bits per heavy atom. The van der Waals surface area contributed by atoms with Gasteiger partial charge in [0, 0.05) is 6.61 Å². The predicted molar refractivity (Wildman–Crippen MR) is 59.2 cm³/mol. The van der Waals surface area contributed by atoms with Crippen LogP contribution in [0.5, 0.6) is 0 Å². The average molecular weight is 399 g/mol. The van der Waals surface area contributed by atoms with Gasteiger partial charge in [0.15, 0.2) is 0 Å². The number of halogens is 12. The first kappa shape index (κ1) is 31.7. The summed E-state index contributed by atoms with van der Waals surface area (Å²) in [5.74, 6) is 0.845. The van der Waals surface area contributed by atoms with Crippen molar-refractivity contribution < 1.29 is 108 Å². The zero-order valence-corrected chi connectivity index (χ0v) is 14.9. The van der Waals surface area contributed by atoms with Crippen LogP contribution in [0, 0.1) is 13.0 Å². The maximum Gasteiger partial charge on any atom is 1.00 e. The van der Waals surface area contributed by atoms with Crippen LogP contribution in [0.15, 0.2) is 0 Å². The van der Waals surface area contributed by atoms with Gasteiger partial charge in [0.1, 0.15) is 0 Å². The molecule has 0 heterocycles. The Morgan fingerprint density at radius 2 is 0.913 bits per heavy atom. The molecule has 0 aliphatic heterocycles. The molecule has 0 radical (unpaired) electrons. The monoisotopic (exact) mass is 399 g/mol. The van der Waals surface area contributed by atoms with Crippen molar-refractivity contribution in [3.8, 4) is 0 Å². The Bertz CT molecular complexity index is 206. The smallest absolute Gasteiger partial charge is 0.555 e. The van der Waals surface area contributed by atoms with Gasteiger partial charge in [0.25, 0.3) is 0 Å². The number of ether oxygens (including phenoxy) is 1. The van der Waals surface area contributed by atoms with E-state index in [9.17, 15) is 51.8 Å². The van der Waals surface area contributed by atoms with Crippen molar-refractivity contribution in [1.29, 1.82) is 0 Å². The van der Waals surface area contributed by atoms with E-state index >= 15 is 0 Å². The largest absolute Gasteiger partial charge is 1.00 e. The summed E-state index contributed by atoms with van der Waals surface area (Å²) in [6, 6.07) is 0. The second-order valence-corrected chi connectivity index (χ2v) is 3.65. The minimum atomic E-state index is -6.00. The van der Waals surface area contributed by atoms with Gasteiger partial charge < -0.3 is 56.5 Å². The Hall–Kier alpha value is 0.951. The Kier molecular flexibility index (Phi) is 21.0. The van der Waals surface area contributed by atoms with Crippen molar-refractivity contribution in [2.75, 3.05) is 6.61 Å². The van der Waals surface area contributed by atoms with Gasteiger partial charge >= 0.3 is 73.1 Å². The summed E-state index contributed by atoms with van der Waals surface area (Å²) in [6.45, 7) is 0.875. The van der Waals surface area contributed by atoms with E-state index < -0.39 is 21.8 Å². The van der Waals surface area contributed by atoms with Gasteiger partial charge in [-0.3, -0.25) is 0 Å². The fourth-order valence-corrected chi connectivity index (χ4v) is 0.826. The topological polar surface area (TPSA) is 9.23 Å². The number of hydrogen-bond donors (Lipinski definition) is 0. The molecule has 17 heteroatoms. The van der Waals surface area contributed by atoms with E-state index in [2.05, 4.69) is 7.11 Å². The van der Waals surface area contributed by atoms with Crippen LogP contribution >= 0.6 is 0 Å². The second kappa shape index (κ2) is 15.2. The van der Waals surface area contributed by atoms with Gasteiger partial charge in [-0.05, 0) is 18.8 Å².